The van der Waals surface area contributed by atoms with Gasteiger partial charge in [-0.1, -0.05) is 11.8 Å². The molecule has 2 N–H and O–H groups in total. The lowest BCUT2D eigenvalue weighted by Gasteiger charge is -2.07. The highest BCUT2D eigenvalue weighted by Gasteiger charge is 2.06. The summed E-state index contributed by atoms with van der Waals surface area (Å²) in [6.45, 7) is 0.459. The van der Waals surface area contributed by atoms with Crippen LogP contribution >= 0.6 is 0 Å². The number of hydrogen-bond donors (Lipinski definition) is 2. The van der Waals surface area contributed by atoms with Gasteiger partial charge in [0.05, 0.1) is 17.9 Å². The number of rotatable bonds is 6. The SMILES string of the molecule is COCCCC(=O)Nc1ccc(F)cc1C#CCCO. The first-order valence-corrected chi connectivity index (χ1v) is 6.35. The van der Waals surface area contributed by atoms with Crippen LogP contribution in [-0.2, 0) is 9.53 Å². The zero-order chi connectivity index (χ0) is 14.8. The summed E-state index contributed by atoms with van der Waals surface area (Å²) < 4.78 is 18.1. The molecule has 0 aliphatic carbocycles. The van der Waals surface area contributed by atoms with Crippen molar-refractivity contribution in [2.75, 3.05) is 25.6 Å². The summed E-state index contributed by atoms with van der Waals surface area (Å²) in [4.78, 5) is 11.7. The van der Waals surface area contributed by atoms with E-state index in [1.54, 1.807) is 7.11 Å². The second-order valence-corrected chi connectivity index (χ2v) is 4.11. The van der Waals surface area contributed by atoms with E-state index in [1.165, 1.54) is 18.2 Å². The molecule has 0 spiro atoms. The van der Waals surface area contributed by atoms with Crippen LogP contribution in [0, 0.1) is 17.7 Å². The largest absolute Gasteiger partial charge is 0.395 e. The van der Waals surface area contributed by atoms with Crippen LogP contribution in [0.25, 0.3) is 0 Å². The normalized spacial score (nSPS) is 9.75. The van der Waals surface area contributed by atoms with Crippen molar-refractivity contribution < 1.29 is 19.0 Å². The molecule has 0 atom stereocenters. The number of carbonyl (C=O) groups excluding carboxylic acids is 1. The lowest BCUT2D eigenvalue weighted by atomic mass is 10.1. The van der Waals surface area contributed by atoms with Gasteiger partial charge in [-0.3, -0.25) is 4.79 Å². The molecular weight excluding hydrogens is 261 g/mol. The molecule has 0 heterocycles. The van der Waals surface area contributed by atoms with E-state index in [9.17, 15) is 9.18 Å². The van der Waals surface area contributed by atoms with Crippen molar-refractivity contribution in [3.63, 3.8) is 0 Å². The van der Waals surface area contributed by atoms with Gasteiger partial charge in [0, 0.05) is 26.6 Å². The van der Waals surface area contributed by atoms with E-state index in [4.69, 9.17) is 9.84 Å². The lowest BCUT2D eigenvalue weighted by Crippen LogP contribution is -2.13. The minimum Gasteiger partial charge on any atom is -0.395 e. The van der Waals surface area contributed by atoms with Gasteiger partial charge in [0.25, 0.3) is 0 Å². The first-order chi connectivity index (χ1) is 9.67. The molecule has 0 saturated heterocycles. The molecule has 0 aromatic heterocycles. The maximum atomic E-state index is 13.2. The van der Waals surface area contributed by atoms with Crippen LogP contribution in [-0.4, -0.2) is 31.3 Å². The third kappa shape index (κ3) is 5.83. The lowest BCUT2D eigenvalue weighted by molar-refractivity contribution is -0.116. The van der Waals surface area contributed by atoms with Crippen molar-refractivity contribution in [2.24, 2.45) is 0 Å². The van der Waals surface area contributed by atoms with Gasteiger partial charge in [-0.15, -0.1) is 0 Å². The minimum atomic E-state index is -0.421. The number of carbonyl (C=O) groups is 1. The molecule has 0 aliphatic heterocycles. The van der Waals surface area contributed by atoms with Gasteiger partial charge in [0.1, 0.15) is 5.82 Å². The first kappa shape index (κ1) is 16.2. The number of halogens is 1. The van der Waals surface area contributed by atoms with Crippen LogP contribution in [0.15, 0.2) is 18.2 Å². The molecule has 1 rings (SSSR count). The summed E-state index contributed by atoms with van der Waals surface area (Å²) >= 11 is 0. The van der Waals surface area contributed by atoms with E-state index < -0.39 is 5.82 Å². The van der Waals surface area contributed by atoms with E-state index in [2.05, 4.69) is 17.2 Å². The molecule has 0 fully saturated rings. The zero-order valence-electron chi connectivity index (χ0n) is 11.4. The molecule has 5 heteroatoms. The average molecular weight is 279 g/mol. The molecule has 1 aromatic rings. The van der Waals surface area contributed by atoms with Gasteiger partial charge in [-0.25, -0.2) is 4.39 Å². The molecule has 0 unspecified atom stereocenters. The summed E-state index contributed by atoms with van der Waals surface area (Å²) in [5.74, 6) is 4.86. The number of amides is 1. The van der Waals surface area contributed by atoms with Crippen LogP contribution in [0.4, 0.5) is 10.1 Å². The molecule has 0 radical (unpaired) electrons. The van der Waals surface area contributed by atoms with E-state index in [1.807, 2.05) is 0 Å². The van der Waals surface area contributed by atoms with Crippen LogP contribution in [0.1, 0.15) is 24.8 Å². The number of nitrogens with one attached hydrogen (secondary N) is 1. The van der Waals surface area contributed by atoms with Gasteiger partial charge in [0.2, 0.25) is 5.91 Å². The third-order valence-electron chi connectivity index (χ3n) is 2.47. The van der Waals surface area contributed by atoms with Gasteiger partial charge < -0.3 is 15.2 Å². The summed E-state index contributed by atoms with van der Waals surface area (Å²) in [6.07, 6.45) is 1.25. The highest BCUT2D eigenvalue weighted by atomic mass is 19.1. The Morgan fingerprint density at radius 3 is 3.00 bits per heavy atom. The van der Waals surface area contributed by atoms with E-state index in [0.717, 1.165) is 0 Å². The number of aliphatic hydroxyl groups is 1. The van der Waals surface area contributed by atoms with Crippen LogP contribution < -0.4 is 5.32 Å². The van der Waals surface area contributed by atoms with Crippen LogP contribution in [0.2, 0.25) is 0 Å². The highest BCUT2D eigenvalue weighted by Crippen LogP contribution is 2.16. The van der Waals surface area contributed by atoms with Crippen molar-refractivity contribution in [1.29, 1.82) is 0 Å². The fraction of sp³-hybridized carbons (Fsp3) is 0.400. The van der Waals surface area contributed by atoms with Crippen molar-refractivity contribution in [2.45, 2.75) is 19.3 Å². The summed E-state index contributed by atoms with van der Waals surface area (Å²) in [7, 11) is 1.58. The topological polar surface area (TPSA) is 58.6 Å². The number of methoxy groups -OCH3 is 1. The smallest absolute Gasteiger partial charge is 0.224 e. The standard InChI is InChI=1S/C15H18FNO3/c1-20-10-4-6-15(19)17-14-8-7-13(16)11-12(14)5-2-3-9-18/h7-8,11,18H,3-4,6,9-10H2,1H3,(H,17,19). The summed E-state index contributed by atoms with van der Waals surface area (Å²) in [6, 6.07) is 4.00. The highest BCUT2D eigenvalue weighted by molar-refractivity contribution is 5.92. The fourth-order valence-corrected chi connectivity index (χ4v) is 1.53. The Hall–Kier alpha value is -1.90. The Morgan fingerprint density at radius 2 is 2.30 bits per heavy atom. The van der Waals surface area contributed by atoms with E-state index in [0.29, 0.717) is 37.1 Å². The van der Waals surface area contributed by atoms with Crippen LogP contribution in [0.5, 0.6) is 0 Å². The molecule has 0 aliphatic rings. The van der Waals surface area contributed by atoms with Gasteiger partial charge in [-0.2, -0.15) is 0 Å². The molecule has 0 saturated carbocycles. The predicted octanol–water partition coefficient (Wildman–Crippen LogP) is 1.92. The minimum absolute atomic E-state index is 0.0545. The predicted molar refractivity (Wildman–Crippen MR) is 74.7 cm³/mol. The van der Waals surface area contributed by atoms with Crippen molar-refractivity contribution in [3.05, 3.63) is 29.6 Å². The molecule has 0 bridgehead atoms. The number of aliphatic hydroxyl groups excluding tert-OH is 1. The molecule has 1 amide bonds. The number of benzene rings is 1. The monoisotopic (exact) mass is 279 g/mol. The quantitative estimate of drug-likeness (QED) is 0.618. The number of anilines is 1. The fourth-order valence-electron chi connectivity index (χ4n) is 1.53. The van der Waals surface area contributed by atoms with Gasteiger partial charge in [-0.05, 0) is 24.6 Å². The third-order valence-corrected chi connectivity index (χ3v) is 2.47. The number of ether oxygens (including phenoxy) is 1. The molecule has 4 nitrogen and oxygen atoms in total. The second kappa shape index (κ2) is 9.08. The van der Waals surface area contributed by atoms with Crippen molar-refractivity contribution in [3.8, 4) is 11.8 Å². The summed E-state index contributed by atoms with van der Waals surface area (Å²) in [5, 5.41) is 11.4. The maximum absolute atomic E-state index is 13.2. The Kier molecular flexibility index (Phi) is 7.33. The molecule has 1 aromatic carbocycles. The van der Waals surface area contributed by atoms with Gasteiger partial charge >= 0.3 is 0 Å². The van der Waals surface area contributed by atoms with E-state index >= 15 is 0 Å². The Balaban J connectivity index is 2.74. The van der Waals surface area contributed by atoms with Crippen molar-refractivity contribution in [1.82, 2.24) is 0 Å². The second-order valence-electron chi connectivity index (χ2n) is 4.11. The maximum Gasteiger partial charge on any atom is 0.224 e. The van der Waals surface area contributed by atoms with E-state index in [-0.39, 0.29) is 12.5 Å². The van der Waals surface area contributed by atoms with Gasteiger partial charge in [0.15, 0.2) is 0 Å². The van der Waals surface area contributed by atoms with Crippen LogP contribution in [0.3, 0.4) is 0 Å². The Labute approximate surface area is 117 Å². The molecule has 108 valence electrons. The average Bonchev–Trinajstić information content (AvgIpc) is 2.42. The number of hydrogen-bond acceptors (Lipinski definition) is 3. The molecular formula is C15H18FNO3. The molecule has 20 heavy (non-hydrogen) atoms. The Bertz CT molecular complexity index is 506. The first-order valence-electron chi connectivity index (χ1n) is 6.35. The summed E-state index contributed by atoms with van der Waals surface area (Å²) in [5.41, 5.74) is 0.873. The Morgan fingerprint density at radius 1 is 1.50 bits per heavy atom. The van der Waals surface area contributed by atoms with Crippen molar-refractivity contribution >= 4 is 11.6 Å². The zero-order valence-corrected chi connectivity index (χ0v) is 11.4.